The summed E-state index contributed by atoms with van der Waals surface area (Å²) in [6.07, 6.45) is 4.96. The summed E-state index contributed by atoms with van der Waals surface area (Å²) < 4.78 is 14.8. The van der Waals surface area contributed by atoms with E-state index in [0.29, 0.717) is 23.3 Å². The average molecular weight is 398 g/mol. The van der Waals surface area contributed by atoms with Gasteiger partial charge in [0.05, 0.1) is 6.54 Å². The van der Waals surface area contributed by atoms with Crippen LogP contribution in [0, 0.1) is 5.82 Å². The third kappa shape index (κ3) is 5.30. The van der Waals surface area contributed by atoms with Crippen molar-refractivity contribution in [2.24, 2.45) is 0 Å². The molecule has 1 aromatic heterocycles. The van der Waals surface area contributed by atoms with Crippen molar-refractivity contribution in [2.45, 2.75) is 26.3 Å². The first-order chi connectivity index (χ1) is 13.4. The highest BCUT2D eigenvalue weighted by molar-refractivity contribution is 6.31. The lowest BCUT2D eigenvalue weighted by molar-refractivity contribution is -0.111. The Morgan fingerprint density at radius 1 is 1.21 bits per heavy atom. The van der Waals surface area contributed by atoms with Crippen molar-refractivity contribution in [3.8, 4) is 0 Å². The second-order valence-electron chi connectivity index (χ2n) is 6.78. The molecule has 1 N–H and O–H groups in total. The molecular formula is C22H21ClFN3O. The number of rotatable bonds is 6. The molecule has 1 heterocycles. The molecule has 6 heteroatoms. The molecule has 0 unspecified atom stereocenters. The molecule has 144 valence electrons. The van der Waals surface area contributed by atoms with Crippen molar-refractivity contribution in [1.82, 2.24) is 9.78 Å². The minimum absolute atomic E-state index is 0.266. The fourth-order valence-corrected chi connectivity index (χ4v) is 2.90. The number of nitrogens with zero attached hydrogens (tertiary/aromatic N) is 2. The fraction of sp³-hybridized carbons (Fsp3) is 0.182. The fourth-order valence-electron chi connectivity index (χ4n) is 2.67. The molecule has 0 saturated carbocycles. The minimum Gasteiger partial charge on any atom is -0.306 e. The molecule has 3 aromatic rings. The normalized spacial score (nSPS) is 11.3. The summed E-state index contributed by atoms with van der Waals surface area (Å²) in [6, 6.07) is 14.0. The first-order valence-electron chi connectivity index (χ1n) is 8.97. The topological polar surface area (TPSA) is 46.9 Å². The Morgan fingerprint density at radius 2 is 1.96 bits per heavy atom. The number of hydrogen-bond acceptors (Lipinski definition) is 2. The smallest absolute Gasteiger partial charge is 0.249 e. The Morgan fingerprint density at radius 3 is 2.64 bits per heavy atom. The average Bonchev–Trinajstić information content (AvgIpc) is 3.09. The van der Waals surface area contributed by atoms with Crippen LogP contribution >= 0.6 is 11.6 Å². The van der Waals surface area contributed by atoms with Crippen LogP contribution in [0.4, 0.5) is 10.2 Å². The number of carbonyl (C=O) groups is 1. The summed E-state index contributed by atoms with van der Waals surface area (Å²) in [5, 5.41) is 7.35. The van der Waals surface area contributed by atoms with Crippen LogP contribution in [0.5, 0.6) is 0 Å². The monoisotopic (exact) mass is 397 g/mol. The van der Waals surface area contributed by atoms with E-state index < -0.39 is 0 Å². The van der Waals surface area contributed by atoms with Crippen molar-refractivity contribution in [3.63, 3.8) is 0 Å². The summed E-state index contributed by atoms with van der Waals surface area (Å²) in [7, 11) is 0. The molecule has 0 radical (unpaired) electrons. The lowest BCUT2D eigenvalue weighted by Gasteiger charge is -2.05. The van der Waals surface area contributed by atoms with E-state index in [1.807, 2.05) is 12.1 Å². The quantitative estimate of drug-likeness (QED) is 0.558. The second-order valence-corrected chi connectivity index (χ2v) is 7.19. The first kappa shape index (κ1) is 19.8. The third-order valence-corrected chi connectivity index (χ3v) is 4.62. The van der Waals surface area contributed by atoms with Gasteiger partial charge < -0.3 is 5.32 Å². The van der Waals surface area contributed by atoms with Gasteiger partial charge in [0.15, 0.2) is 5.82 Å². The van der Waals surface area contributed by atoms with Gasteiger partial charge in [-0.05, 0) is 40.8 Å². The van der Waals surface area contributed by atoms with Crippen LogP contribution in [0.25, 0.3) is 6.08 Å². The summed E-state index contributed by atoms with van der Waals surface area (Å²) in [4.78, 5) is 12.1. The Kier molecular flexibility index (Phi) is 6.26. The van der Waals surface area contributed by atoms with Crippen molar-refractivity contribution in [3.05, 3.63) is 88.3 Å². The number of amides is 1. The number of nitrogens with one attached hydrogen (secondary N) is 1. The Bertz CT molecular complexity index is 993. The third-order valence-electron chi connectivity index (χ3n) is 4.27. The molecule has 0 fully saturated rings. The summed E-state index contributed by atoms with van der Waals surface area (Å²) in [6.45, 7) is 4.66. The standard InChI is InChI=1S/C22H21ClFN3O/c1-15(2)17-6-3-16(4-7-17)5-10-22(28)25-21-11-12-27(26-21)14-18-8-9-19(24)13-20(18)23/h3-13,15H,14H2,1-2H3,(H,25,26,28)/b10-5+. The van der Waals surface area contributed by atoms with E-state index in [1.54, 1.807) is 29.1 Å². The van der Waals surface area contributed by atoms with Crippen LogP contribution in [0.2, 0.25) is 5.02 Å². The van der Waals surface area contributed by atoms with E-state index in [1.165, 1.54) is 23.8 Å². The number of carbonyl (C=O) groups excluding carboxylic acids is 1. The van der Waals surface area contributed by atoms with Gasteiger partial charge in [-0.3, -0.25) is 9.48 Å². The van der Waals surface area contributed by atoms with Crippen LogP contribution in [0.3, 0.4) is 0 Å². The number of hydrogen-bond donors (Lipinski definition) is 1. The molecular weight excluding hydrogens is 377 g/mol. The molecule has 0 spiro atoms. The van der Waals surface area contributed by atoms with Gasteiger partial charge in [0.2, 0.25) is 5.91 Å². The Balaban J connectivity index is 1.59. The number of aromatic nitrogens is 2. The molecule has 0 aliphatic rings. The molecule has 0 aliphatic heterocycles. The first-order valence-corrected chi connectivity index (χ1v) is 9.35. The summed E-state index contributed by atoms with van der Waals surface area (Å²) in [5.41, 5.74) is 2.96. The number of anilines is 1. The van der Waals surface area contributed by atoms with Gasteiger partial charge in [-0.25, -0.2) is 4.39 Å². The predicted molar refractivity (Wildman–Crippen MR) is 111 cm³/mol. The lowest BCUT2D eigenvalue weighted by atomic mass is 10.0. The molecule has 28 heavy (non-hydrogen) atoms. The van der Waals surface area contributed by atoms with E-state index in [0.717, 1.165) is 11.1 Å². The van der Waals surface area contributed by atoms with Gasteiger partial charge in [0.25, 0.3) is 0 Å². The molecule has 3 rings (SSSR count). The van der Waals surface area contributed by atoms with Crippen LogP contribution < -0.4 is 5.32 Å². The summed E-state index contributed by atoms with van der Waals surface area (Å²) >= 11 is 6.04. The predicted octanol–water partition coefficient (Wildman–Crippen LogP) is 5.50. The molecule has 1 amide bonds. The Labute approximate surface area is 168 Å². The van der Waals surface area contributed by atoms with Crippen molar-refractivity contribution in [1.29, 1.82) is 0 Å². The van der Waals surface area contributed by atoms with Gasteiger partial charge in [-0.15, -0.1) is 0 Å². The van der Waals surface area contributed by atoms with Crippen molar-refractivity contribution < 1.29 is 9.18 Å². The van der Waals surface area contributed by atoms with E-state index in [2.05, 4.69) is 36.4 Å². The van der Waals surface area contributed by atoms with Crippen LogP contribution in [-0.2, 0) is 11.3 Å². The van der Waals surface area contributed by atoms with Crippen molar-refractivity contribution in [2.75, 3.05) is 5.32 Å². The zero-order valence-electron chi connectivity index (χ0n) is 15.7. The van der Waals surface area contributed by atoms with Crippen LogP contribution in [0.15, 0.2) is 60.8 Å². The van der Waals surface area contributed by atoms with E-state index in [-0.39, 0.29) is 11.7 Å². The number of halogens is 2. The number of benzene rings is 2. The van der Waals surface area contributed by atoms with E-state index >= 15 is 0 Å². The SMILES string of the molecule is CC(C)c1ccc(/C=C/C(=O)Nc2ccn(Cc3ccc(F)cc3Cl)n2)cc1. The molecule has 4 nitrogen and oxygen atoms in total. The molecule has 2 aromatic carbocycles. The zero-order valence-corrected chi connectivity index (χ0v) is 16.4. The Hall–Kier alpha value is -2.92. The highest BCUT2D eigenvalue weighted by Crippen LogP contribution is 2.19. The maximum absolute atomic E-state index is 13.1. The van der Waals surface area contributed by atoms with E-state index in [4.69, 9.17) is 11.6 Å². The van der Waals surface area contributed by atoms with Crippen LogP contribution in [-0.4, -0.2) is 15.7 Å². The molecule has 0 bridgehead atoms. The lowest BCUT2D eigenvalue weighted by Crippen LogP contribution is -2.09. The maximum atomic E-state index is 13.1. The van der Waals surface area contributed by atoms with Gasteiger partial charge in [-0.2, -0.15) is 5.10 Å². The minimum atomic E-state index is -0.382. The molecule has 0 aliphatic carbocycles. The molecule has 0 atom stereocenters. The van der Waals surface area contributed by atoms with Crippen molar-refractivity contribution >= 4 is 29.4 Å². The maximum Gasteiger partial charge on any atom is 0.249 e. The highest BCUT2D eigenvalue weighted by Gasteiger charge is 2.06. The molecule has 0 saturated heterocycles. The van der Waals surface area contributed by atoms with E-state index in [9.17, 15) is 9.18 Å². The van der Waals surface area contributed by atoms with Gasteiger partial charge >= 0.3 is 0 Å². The second kappa shape index (κ2) is 8.85. The zero-order chi connectivity index (χ0) is 20.1. The highest BCUT2D eigenvalue weighted by atomic mass is 35.5. The van der Waals surface area contributed by atoms with Gasteiger partial charge in [-0.1, -0.05) is 55.8 Å². The van der Waals surface area contributed by atoms with Gasteiger partial charge in [0, 0.05) is 23.4 Å². The largest absolute Gasteiger partial charge is 0.306 e. The van der Waals surface area contributed by atoms with Gasteiger partial charge in [0.1, 0.15) is 5.82 Å². The van der Waals surface area contributed by atoms with Crippen LogP contribution in [0.1, 0.15) is 36.5 Å². The summed E-state index contributed by atoms with van der Waals surface area (Å²) in [5.74, 6) is 0.259.